The maximum absolute atomic E-state index is 11.9. The molecular formula is C12H13BrN4OS. The summed E-state index contributed by atoms with van der Waals surface area (Å²) < 4.78 is 1.01. The van der Waals surface area contributed by atoms with Crippen molar-refractivity contribution in [1.82, 2.24) is 15.5 Å². The highest BCUT2D eigenvalue weighted by molar-refractivity contribution is 9.10. The van der Waals surface area contributed by atoms with Crippen molar-refractivity contribution in [2.75, 3.05) is 11.9 Å². The molecule has 0 unspecified atom stereocenters. The molecular weight excluding hydrogens is 328 g/mol. The molecule has 0 saturated carbocycles. The van der Waals surface area contributed by atoms with Crippen molar-refractivity contribution in [3.05, 3.63) is 38.6 Å². The molecule has 0 aliphatic heterocycles. The van der Waals surface area contributed by atoms with Gasteiger partial charge in [-0.2, -0.15) is 0 Å². The first-order valence-corrected chi connectivity index (χ1v) is 7.45. The highest BCUT2D eigenvalue weighted by Crippen LogP contribution is 2.22. The van der Waals surface area contributed by atoms with E-state index < -0.39 is 0 Å². The van der Waals surface area contributed by atoms with Gasteiger partial charge in [-0.3, -0.25) is 4.79 Å². The van der Waals surface area contributed by atoms with Crippen molar-refractivity contribution >= 4 is 39.0 Å². The number of rotatable bonds is 5. The molecule has 0 atom stereocenters. The normalized spacial score (nSPS) is 10.2. The number of hydrogen-bond donors (Lipinski definition) is 2. The van der Waals surface area contributed by atoms with Gasteiger partial charge in [-0.25, -0.2) is 0 Å². The van der Waals surface area contributed by atoms with Crippen LogP contribution in [0.2, 0.25) is 0 Å². The number of nitrogens with zero attached hydrogens (tertiary/aromatic N) is 2. The van der Waals surface area contributed by atoms with Crippen LogP contribution in [0.1, 0.15) is 22.3 Å². The van der Waals surface area contributed by atoms with Crippen LogP contribution in [0.4, 0.5) is 5.82 Å². The first-order chi connectivity index (χ1) is 9.20. The summed E-state index contributed by atoms with van der Waals surface area (Å²) in [4.78, 5) is 13.0. The van der Waals surface area contributed by atoms with E-state index in [-0.39, 0.29) is 5.91 Å². The zero-order chi connectivity index (χ0) is 13.7. The molecule has 0 aliphatic rings. The SMILES string of the molecule is CCNc1ccc(C(=O)NCc2sccc2Br)nn1. The van der Waals surface area contributed by atoms with Crippen molar-refractivity contribution in [3.8, 4) is 0 Å². The van der Waals surface area contributed by atoms with Crippen LogP contribution in [0.25, 0.3) is 0 Å². The molecule has 5 nitrogen and oxygen atoms in total. The number of anilines is 1. The molecule has 0 bridgehead atoms. The average Bonchev–Trinajstić information content (AvgIpc) is 2.83. The van der Waals surface area contributed by atoms with Crippen molar-refractivity contribution in [2.24, 2.45) is 0 Å². The fourth-order valence-electron chi connectivity index (χ4n) is 1.43. The van der Waals surface area contributed by atoms with Gasteiger partial charge in [-0.1, -0.05) is 0 Å². The maximum atomic E-state index is 11.9. The smallest absolute Gasteiger partial charge is 0.272 e. The predicted molar refractivity (Wildman–Crippen MR) is 79.4 cm³/mol. The van der Waals surface area contributed by atoms with Gasteiger partial charge < -0.3 is 10.6 Å². The number of nitrogens with one attached hydrogen (secondary N) is 2. The zero-order valence-electron chi connectivity index (χ0n) is 10.3. The number of aromatic nitrogens is 2. The number of carbonyl (C=O) groups excluding carboxylic acids is 1. The van der Waals surface area contributed by atoms with E-state index in [1.807, 2.05) is 18.4 Å². The molecule has 0 aromatic carbocycles. The number of hydrogen-bond acceptors (Lipinski definition) is 5. The highest BCUT2D eigenvalue weighted by atomic mass is 79.9. The summed E-state index contributed by atoms with van der Waals surface area (Å²) >= 11 is 5.01. The average molecular weight is 341 g/mol. The van der Waals surface area contributed by atoms with Crippen molar-refractivity contribution < 1.29 is 4.79 Å². The summed E-state index contributed by atoms with van der Waals surface area (Å²) in [7, 11) is 0. The summed E-state index contributed by atoms with van der Waals surface area (Å²) in [5.74, 6) is 0.441. The lowest BCUT2D eigenvalue weighted by Crippen LogP contribution is -2.24. The first-order valence-electron chi connectivity index (χ1n) is 5.78. The Balaban J connectivity index is 1.94. The lowest BCUT2D eigenvalue weighted by molar-refractivity contribution is 0.0945. The molecule has 2 aromatic rings. The van der Waals surface area contributed by atoms with E-state index in [9.17, 15) is 4.79 Å². The zero-order valence-corrected chi connectivity index (χ0v) is 12.7. The van der Waals surface area contributed by atoms with Crippen LogP contribution in [-0.4, -0.2) is 22.6 Å². The van der Waals surface area contributed by atoms with Gasteiger partial charge in [0.05, 0.1) is 6.54 Å². The molecule has 0 aliphatic carbocycles. The number of thiophene rings is 1. The second kappa shape index (κ2) is 6.63. The third-order valence-corrected chi connectivity index (χ3v) is 4.28. The van der Waals surface area contributed by atoms with Gasteiger partial charge in [0.15, 0.2) is 5.69 Å². The van der Waals surface area contributed by atoms with E-state index >= 15 is 0 Å². The van der Waals surface area contributed by atoms with Crippen LogP contribution in [0.5, 0.6) is 0 Å². The molecule has 0 fully saturated rings. The van der Waals surface area contributed by atoms with E-state index in [0.29, 0.717) is 18.1 Å². The second-order valence-corrected chi connectivity index (χ2v) is 5.56. The third kappa shape index (κ3) is 3.74. The molecule has 0 saturated heterocycles. The number of halogens is 1. The van der Waals surface area contributed by atoms with Crippen LogP contribution in [0.3, 0.4) is 0 Å². The molecule has 2 rings (SSSR count). The lowest BCUT2D eigenvalue weighted by atomic mass is 10.3. The van der Waals surface area contributed by atoms with Crippen LogP contribution >= 0.6 is 27.3 Å². The predicted octanol–water partition coefficient (Wildman–Crippen LogP) is 2.66. The van der Waals surface area contributed by atoms with Crippen LogP contribution in [0, 0.1) is 0 Å². The standard InChI is InChI=1S/C12H13BrN4OS/c1-2-14-11-4-3-9(16-17-11)12(18)15-7-10-8(13)5-6-19-10/h3-6H,2,7H2,1H3,(H,14,17)(H,15,18). The van der Waals surface area contributed by atoms with Gasteiger partial charge in [0.25, 0.3) is 5.91 Å². The molecule has 2 N–H and O–H groups in total. The maximum Gasteiger partial charge on any atom is 0.272 e. The Morgan fingerprint density at radius 3 is 2.79 bits per heavy atom. The van der Waals surface area contributed by atoms with Crippen molar-refractivity contribution in [2.45, 2.75) is 13.5 Å². The number of carbonyl (C=O) groups is 1. The van der Waals surface area contributed by atoms with Gasteiger partial charge in [-0.05, 0) is 46.4 Å². The van der Waals surface area contributed by atoms with Gasteiger partial charge in [0, 0.05) is 15.9 Å². The summed E-state index contributed by atoms with van der Waals surface area (Å²) in [6.07, 6.45) is 0. The Kier molecular flexibility index (Phi) is 4.86. The van der Waals surface area contributed by atoms with E-state index in [2.05, 4.69) is 36.8 Å². The van der Waals surface area contributed by atoms with Gasteiger partial charge in [0.1, 0.15) is 5.82 Å². The molecule has 19 heavy (non-hydrogen) atoms. The first kappa shape index (κ1) is 14.0. The van der Waals surface area contributed by atoms with E-state index in [1.165, 1.54) is 0 Å². The van der Waals surface area contributed by atoms with Gasteiger partial charge >= 0.3 is 0 Å². The fraction of sp³-hybridized carbons (Fsp3) is 0.250. The molecule has 0 spiro atoms. The molecule has 7 heteroatoms. The lowest BCUT2D eigenvalue weighted by Gasteiger charge is -2.04. The van der Waals surface area contributed by atoms with E-state index in [4.69, 9.17) is 0 Å². The molecule has 2 heterocycles. The van der Waals surface area contributed by atoms with Crippen LogP contribution in [0.15, 0.2) is 28.1 Å². The second-order valence-electron chi connectivity index (χ2n) is 3.71. The Morgan fingerprint density at radius 1 is 1.37 bits per heavy atom. The largest absolute Gasteiger partial charge is 0.369 e. The summed E-state index contributed by atoms with van der Waals surface area (Å²) in [5, 5.41) is 15.6. The summed E-state index contributed by atoms with van der Waals surface area (Å²) in [6, 6.07) is 5.35. The quantitative estimate of drug-likeness (QED) is 0.877. The van der Waals surface area contributed by atoms with Crippen molar-refractivity contribution in [3.63, 3.8) is 0 Å². The topological polar surface area (TPSA) is 66.9 Å². The minimum Gasteiger partial charge on any atom is -0.369 e. The van der Waals surface area contributed by atoms with Gasteiger partial charge in [0.2, 0.25) is 0 Å². The minimum atomic E-state index is -0.226. The van der Waals surface area contributed by atoms with Crippen LogP contribution < -0.4 is 10.6 Å². The molecule has 0 radical (unpaired) electrons. The third-order valence-electron chi connectivity index (χ3n) is 2.36. The Bertz CT molecular complexity index is 555. The summed E-state index contributed by atoms with van der Waals surface area (Å²) in [6.45, 7) is 3.22. The minimum absolute atomic E-state index is 0.226. The van der Waals surface area contributed by atoms with Crippen LogP contribution in [-0.2, 0) is 6.54 Å². The molecule has 100 valence electrons. The fourth-order valence-corrected chi connectivity index (χ4v) is 2.86. The van der Waals surface area contributed by atoms with Gasteiger partial charge in [-0.15, -0.1) is 21.5 Å². The Labute approximate surface area is 123 Å². The molecule has 2 aromatic heterocycles. The monoisotopic (exact) mass is 340 g/mol. The highest BCUT2D eigenvalue weighted by Gasteiger charge is 2.09. The van der Waals surface area contributed by atoms with E-state index in [1.54, 1.807) is 23.5 Å². The summed E-state index contributed by atoms with van der Waals surface area (Å²) in [5.41, 5.74) is 0.314. The molecule has 1 amide bonds. The van der Waals surface area contributed by atoms with Crippen molar-refractivity contribution in [1.29, 1.82) is 0 Å². The van der Waals surface area contributed by atoms with E-state index in [0.717, 1.165) is 15.9 Å². The Hall–Kier alpha value is -1.47. The Morgan fingerprint density at radius 2 is 2.21 bits per heavy atom. The number of amides is 1.